The molecule has 1 aliphatic heterocycles. The van der Waals surface area contributed by atoms with Crippen LogP contribution in [-0.4, -0.2) is 50.3 Å². The van der Waals surface area contributed by atoms with Crippen LogP contribution in [-0.2, 0) is 14.4 Å². The minimum absolute atomic E-state index is 0.128. The van der Waals surface area contributed by atoms with Crippen LogP contribution in [0.5, 0.6) is 0 Å². The lowest BCUT2D eigenvalue weighted by Crippen LogP contribution is -2.52. The van der Waals surface area contributed by atoms with E-state index in [1.807, 2.05) is 0 Å². The van der Waals surface area contributed by atoms with Crippen molar-refractivity contribution >= 4 is 29.4 Å². The Hall–Kier alpha value is -2.89. The number of nitrogens with one attached hydrogen (secondary N) is 1. The number of Topliss-reactive ketones (excluding diaryl/α,β-unsaturated/α-hetero) is 1. The fourth-order valence-electron chi connectivity index (χ4n) is 1.76. The molecule has 0 bridgehead atoms. The first-order valence-electron chi connectivity index (χ1n) is 6.79. The van der Waals surface area contributed by atoms with Crippen molar-refractivity contribution in [3.8, 4) is 0 Å². The number of nitrogen functional groups attached to an aromatic ring is 1. The molecule has 0 saturated carbocycles. The molecule has 1 aliphatic rings. The lowest BCUT2D eigenvalue weighted by molar-refractivity contribution is -0.158. The molecule has 1 fully saturated rings. The van der Waals surface area contributed by atoms with Crippen molar-refractivity contribution in [2.24, 2.45) is 11.7 Å². The molecule has 0 atom stereocenters. The third-order valence-corrected chi connectivity index (χ3v) is 2.83. The number of hydrogen-bond donors (Lipinski definition) is 4. The molecule has 0 aliphatic carbocycles. The van der Waals surface area contributed by atoms with Crippen molar-refractivity contribution in [1.29, 1.82) is 0 Å². The maximum atomic E-state index is 11.1. The third-order valence-electron chi connectivity index (χ3n) is 2.83. The van der Waals surface area contributed by atoms with Crippen molar-refractivity contribution in [3.63, 3.8) is 0 Å². The summed E-state index contributed by atoms with van der Waals surface area (Å²) in [5, 5.41) is 10.1. The van der Waals surface area contributed by atoms with Gasteiger partial charge in [0.25, 0.3) is 0 Å². The molecule has 6 N–H and O–H groups in total. The normalized spacial score (nSPS) is 13.6. The largest absolute Gasteiger partial charge is 0.478 e. The van der Waals surface area contributed by atoms with E-state index in [0.717, 1.165) is 10.1 Å². The Morgan fingerprint density at radius 2 is 1.92 bits per heavy atom. The number of hydrogen-bond acceptors (Lipinski definition) is 9. The Morgan fingerprint density at radius 1 is 1.33 bits per heavy atom. The van der Waals surface area contributed by atoms with Gasteiger partial charge in [-0.1, -0.05) is 0 Å². The highest BCUT2D eigenvalue weighted by molar-refractivity contribution is 6.01. The molecule has 130 valence electrons. The molecule has 0 spiro atoms. The van der Waals surface area contributed by atoms with E-state index in [2.05, 4.69) is 10.4 Å². The summed E-state index contributed by atoms with van der Waals surface area (Å²) in [4.78, 5) is 46.8. The van der Waals surface area contributed by atoms with E-state index in [1.165, 1.54) is 25.3 Å². The van der Waals surface area contributed by atoms with Crippen molar-refractivity contribution in [2.45, 2.75) is 19.8 Å². The zero-order valence-corrected chi connectivity index (χ0v) is 12.9. The molecule has 2 rings (SSSR count). The van der Waals surface area contributed by atoms with E-state index in [1.54, 1.807) is 0 Å². The lowest BCUT2D eigenvalue weighted by atomic mass is 10.3. The standard InChI is InChI=1S/C7H11N3O3.C6H7N3O2/c1-5(11)4-9(8)10-6(12)2-3-7(10)13;7-9-5-2-1-4(3-8-5)6(10)11/h2-4,8H2,1H3;1-3H,7H2,(H,8,9)(H,10,11). The number of nitrogens with two attached hydrogens (primary N) is 2. The summed E-state index contributed by atoms with van der Waals surface area (Å²) in [5.74, 6) is 8.91. The molecule has 1 saturated heterocycles. The van der Waals surface area contributed by atoms with Crippen LogP contribution < -0.4 is 17.1 Å². The van der Waals surface area contributed by atoms with E-state index in [4.69, 9.17) is 16.8 Å². The zero-order chi connectivity index (χ0) is 18.3. The quantitative estimate of drug-likeness (QED) is 0.292. The number of rotatable bonds is 5. The summed E-state index contributed by atoms with van der Waals surface area (Å²) >= 11 is 0. The monoisotopic (exact) mass is 338 g/mol. The van der Waals surface area contributed by atoms with E-state index in [-0.39, 0.29) is 42.5 Å². The number of amides is 2. The zero-order valence-electron chi connectivity index (χ0n) is 12.9. The van der Waals surface area contributed by atoms with Crippen molar-refractivity contribution in [3.05, 3.63) is 23.9 Å². The Labute approximate surface area is 137 Å². The van der Waals surface area contributed by atoms with Gasteiger partial charge < -0.3 is 10.5 Å². The maximum absolute atomic E-state index is 11.1. The number of anilines is 1. The first-order chi connectivity index (χ1) is 11.3. The average Bonchev–Trinajstić information content (AvgIpc) is 2.86. The van der Waals surface area contributed by atoms with Crippen molar-refractivity contribution < 1.29 is 24.3 Å². The predicted octanol–water partition coefficient (Wildman–Crippen LogP) is -1.12. The molecule has 11 heteroatoms. The second-order valence-electron chi connectivity index (χ2n) is 4.78. The van der Waals surface area contributed by atoms with Crippen LogP contribution in [0.25, 0.3) is 0 Å². The van der Waals surface area contributed by atoms with Crippen molar-refractivity contribution in [1.82, 2.24) is 15.1 Å². The van der Waals surface area contributed by atoms with Gasteiger partial charge in [-0.25, -0.2) is 21.5 Å². The summed E-state index contributed by atoms with van der Waals surface area (Å²) < 4.78 is 0. The number of carboxylic acid groups (broad SMARTS) is 1. The Kier molecular flexibility index (Phi) is 6.92. The molecule has 2 heterocycles. The number of aromatic nitrogens is 1. The van der Waals surface area contributed by atoms with Gasteiger partial charge in [-0.2, -0.15) is 5.01 Å². The molecule has 0 aromatic carbocycles. The summed E-state index contributed by atoms with van der Waals surface area (Å²) in [6.45, 7) is 1.21. The lowest BCUT2D eigenvalue weighted by Gasteiger charge is -2.23. The molecule has 0 radical (unpaired) electrons. The molecule has 0 unspecified atom stereocenters. The molecule has 1 aromatic heterocycles. The minimum Gasteiger partial charge on any atom is -0.478 e. The Bertz CT molecular complexity index is 616. The van der Waals surface area contributed by atoms with Crippen molar-refractivity contribution in [2.75, 3.05) is 12.0 Å². The third kappa shape index (κ3) is 5.39. The molecular formula is C13H18N6O5. The van der Waals surface area contributed by atoms with Gasteiger partial charge in [0.1, 0.15) is 11.6 Å². The highest BCUT2D eigenvalue weighted by atomic mass is 16.4. The number of nitrogens with zero attached hydrogens (tertiary/aromatic N) is 3. The first-order valence-corrected chi connectivity index (χ1v) is 6.79. The number of imide groups is 1. The SMILES string of the molecule is CC(=O)CN(N)N1C(=O)CCC1=O.NNc1ccc(C(=O)O)cn1. The highest BCUT2D eigenvalue weighted by Gasteiger charge is 2.32. The Balaban J connectivity index is 0.000000243. The number of aromatic carboxylic acids is 1. The molecule has 24 heavy (non-hydrogen) atoms. The number of hydrazine groups is 3. The van der Waals surface area contributed by atoms with E-state index in [0.29, 0.717) is 5.82 Å². The van der Waals surface area contributed by atoms with Gasteiger partial charge in [0.05, 0.1) is 12.1 Å². The van der Waals surface area contributed by atoms with Crippen LogP contribution >= 0.6 is 0 Å². The number of carbonyl (C=O) groups is 4. The van der Waals surface area contributed by atoms with Gasteiger partial charge in [0.2, 0.25) is 11.8 Å². The summed E-state index contributed by atoms with van der Waals surface area (Å²) in [6.07, 6.45) is 1.58. The van der Waals surface area contributed by atoms with E-state index >= 15 is 0 Å². The second kappa shape index (κ2) is 8.67. The van der Waals surface area contributed by atoms with Crippen LogP contribution in [0.1, 0.15) is 30.1 Å². The van der Waals surface area contributed by atoms with E-state index < -0.39 is 5.97 Å². The van der Waals surface area contributed by atoms with Gasteiger partial charge >= 0.3 is 5.97 Å². The number of ketones is 1. The smallest absolute Gasteiger partial charge is 0.337 e. The molecular weight excluding hydrogens is 320 g/mol. The molecule has 11 nitrogen and oxygen atoms in total. The van der Waals surface area contributed by atoms with Gasteiger partial charge in [-0.15, -0.1) is 5.12 Å². The summed E-state index contributed by atoms with van der Waals surface area (Å²) in [5.41, 5.74) is 2.43. The number of carboxylic acids is 1. The van der Waals surface area contributed by atoms with Crippen LogP contribution in [0.2, 0.25) is 0 Å². The highest BCUT2D eigenvalue weighted by Crippen LogP contribution is 2.12. The summed E-state index contributed by atoms with van der Waals surface area (Å²) in [6, 6.07) is 2.91. The molecule has 2 amide bonds. The van der Waals surface area contributed by atoms with Crippen LogP contribution in [0.15, 0.2) is 18.3 Å². The van der Waals surface area contributed by atoms with Crippen LogP contribution in [0.3, 0.4) is 0 Å². The average molecular weight is 338 g/mol. The minimum atomic E-state index is -0.999. The first kappa shape index (κ1) is 19.2. The number of pyridine rings is 1. The van der Waals surface area contributed by atoms with Gasteiger partial charge in [-0.05, 0) is 19.1 Å². The fraction of sp³-hybridized carbons (Fsp3) is 0.308. The maximum Gasteiger partial charge on any atom is 0.337 e. The second-order valence-corrected chi connectivity index (χ2v) is 4.78. The van der Waals surface area contributed by atoms with Crippen LogP contribution in [0, 0.1) is 0 Å². The van der Waals surface area contributed by atoms with Gasteiger partial charge in [0.15, 0.2) is 0 Å². The molecule has 1 aromatic rings. The summed E-state index contributed by atoms with van der Waals surface area (Å²) in [7, 11) is 0. The predicted molar refractivity (Wildman–Crippen MR) is 81.7 cm³/mol. The van der Waals surface area contributed by atoms with E-state index in [9.17, 15) is 19.2 Å². The van der Waals surface area contributed by atoms with Gasteiger partial charge in [-0.3, -0.25) is 14.4 Å². The Morgan fingerprint density at radius 3 is 2.29 bits per heavy atom. The van der Waals surface area contributed by atoms with Gasteiger partial charge in [0, 0.05) is 19.0 Å². The number of carbonyl (C=O) groups excluding carboxylic acids is 3. The topological polar surface area (TPSA) is 172 Å². The fourth-order valence-corrected chi connectivity index (χ4v) is 1.76. The van der Waals surface area contributed by atoms with Crippen LogP contribution in [0.4, 0.5) is 5.82 Å².